The third kappa shape index (κ3) is 3.86. The van der Waals surface area contributed by atoms with Crippen LogP contribution in [0.3, 0.4) is 0 Å². The predicted molar refractivity (Wildman–Crippen MR) is 61.9 cm³/mol. The normalized spacial score (nSPS) is 25.1. The third-order valence-electron chi connectivity index (χ3n) is 2.60. The Bertz CT molecular complexity index is 294. The van der Waals surface area contributed by atoms with Crippen LogP contribution in [-0.2, 0) is 19.2 Å². The maximum absolute atomic E-state index is 11.5. The summed E-state index contributed by atoms with van der Waals surface area (Å²) < 4.78 is 5.30. The summed E-state index contributed by atoms with van der Waals surface area (Å²) >= 11 is 1.51. The Kier molecular flexibility index (Phi) is 4.64. The summed E-state index contributed by atoms with van der Waals surface area (Å²) in [6, 6.07) is 0. The van der Waals surface area contributed by atoms with Crippen molar-refractivity contribution in [1.29, 1.82) is 0 Å². The van der Waals surface area contributed by atoms with Crippen LogP contribution in [0.15, 0.2) is 0 Å². The zero-order valence-corrected chi connectivity index (χ0v) is 10.3. The van der Waals surface area contributed by atoms with Gasteiger partial charge in [0.1, 0.15) is 6.54 Å². The molecule has 0 spiro atoms. The van der Waals surface area contributed by atoms with E-state index in [-0.39, 0.29) is 24.6 Å². The number of carbonyl (C=O) groups is 2. The first-order valence-electron chi connectivity index (χ1n) is 5.67. The molecule has 1 atom stereocenters. The van der Waals surface area contributed by atoms with E-state index >= 15 is 0 Å². The van der Waals surface area contributed by atoms with E-state index in [2.05, 4.69) is 5.48 Å². The molecule has 0 aromatic rings. The van der Waals surface area contributed by atoms with E-state index in [9.17, 15) is 9.59 Å². The SMILES string of the molecule is O=C(CN1CSCC1=O)NO[C@@H]1CCCCO1. The summed E-state index contributed by atoms with van der Waals surface area (Å²) in [6.07, 6.45) is 2.52. The highest BCUT2D eigenvalue weighted by atomic mass is 32.2. The number of amides is 2. The van der Waals surface area contributed by atoms with Gasteiger partial charge in [0.15, 0.2) is 6.29 Å². The van der Waals surface area contributed by atoms with Gasteiger partial charge in [-0.15, -0.1) is 11.8 Å². The van der Waals surface area contributed by atoms with Gasteiger partial charge < -0.3 is 9.64 Å². The second-order valence-corrected chi connectivity index (χ2v) is 4.96. The molecule has 2 heterocycles. The second kappa shape index (κ2) is 6.23. The van der Waals surface area contributed by atoms with Gasteiger partial charge in [-0.05, 0) is 12.8 Å². The molecule has 0 unspecified atom stereocenters. The van der Waals surface area contributed by atoms with Gasteiger partial charge in [-0.1, -0.05) is 0 Å². The number of nitrogens with one attached hydrogen (secondary N) is 1. The van der Waals surface area contributed by atoms with Gasteiger partial charge in [-0.2, -0.15) is 0 Å². The molecule has 2 amide bonds. The molecule has 2 aliphatic heterocycles. The Hall–Kier alpha value is -0.790. The van der Waals surface area contributed by atoms with Crippen LogP contribution >= 0.6 is 11.8 Å². The van der Waals surface area contributed by atoms with Crippen molar-refractivity contribution in [2.45, 2.75) is 25.6 Å². The Morgan fingerprint density at radius 1 is 1.59 bits per heavy atom. The van der Waals surface area contributed by atoms with Crippen LogP contribution in [-0.4, -0.2) is 47.8 Å². The molecule has 0 aromatic heterocycles. The summed E-state index contributed by atoms with van der Waals surface area (Å²) in [5.41, 5.74) is 2.33. The molecule has 2 aliphatic rings. The molecule has 0 bridgehead atoms. The molecule has 0 aliphatic carbocycles. The Morgan fingerprint density at radius 3 is 3.12 bits per heavy atom. The van der Waals surface area contributed by atoms with Crippen molar-refractivity contribution in [3.05, 3.63) is 0 Å². The van der Waals surface area contributed by atoms with Crippen molar-refractivity contribution in [1.82, 2.24) is 10.4 Å². The van der Waals surface area contributed by atoms with Crippen molar-refractivity contribution in [3.8, 4) is 0 Å². The van der Waals surface area contributed by atoms with Crippen molar-refractivity contribution >= 4 is 23.6 Å². The van der Waals surface area contributed by atoms with Gasteiger partial charge in [-0.25, -0.2) is 10.3 Å². The van der Waals surface area contributed by atoms with Crippen LogP contribution in [0.2, 0.25) is 0 Å². The van der Waals surface area contributed by atoms with E-state index in [1.165, 1.54) is 16.7 Å². The summed E-state index contributed by atoms with van der Waals surface area (Å²) in [7, 11) is 0. The van der Waals surface area contributed by atoms with Gasteiger partial charge in [0, 0.05) is 13.0 Å². The fraction of sp³-hybridized carbons (Fsp3) is 0.800. The lowest BCUT2D eigenvalue weighted by atomic mass is 10.2. The monoisotopic (exact) mass is 260 g/mol. The third-order valence-corrected chi connectivity index (χ3v) is 3.55. The van der Waals surface area contributed by atoms with E-state index in [1.54, 1.807) is 0 Å². The smallest absolute Gasteiger partial charge is 0.263 e. The van der Waals surface area contributed by atoms with Crippen molar-refractivity contribution in [2.75, 3.05) is 24.8 Å². The lowest BCUT2D eigenvalue weighted by Crippen LogP contribution is -2.40. The predicted octanol–water partition coefficient (Wildman–Crippen LogP) is 0.0937. The van der Waals surface area contributed by atoms with Crippen molar-refractivity contribution < 1.29 is 19.2 Å². The highest BCUT2D eigenvalue weighted by Crippen LogP contribution is 2.14. The molecule has 96 valence electrons. The average molecular weight is 260 g/mol. The molecule has 1 N–H and O–H groups in total. The molecular formula is C10H16N2O4S. The average Bonchev–Trinajstić information content (AvgIpc) is 2.74. The topological polar surface area (TPSA) is 67.9 Å². The first-order valence-corrected chi connectivity index (χ1v) is 6.83. The zero-order valence-electron chi connectivity index (χ0n) is 9.52. The van der Waals surface area contributed by atoms with Crippen LogP contribution in [0.5, 0.6) is 0 Å². The van der Waals surface area contributed by atoms with Gasteiger partial charge in [-0.3, -0.25) is 9.59 Å². The van der Waals surface area contributed by atoms with Crippen LogP contribution < -0.4 is 5.48 Å². The molecule has 7 heteroatoms. The molecule has 2 rings (SSSR count). The van der Waals surface area contributed by atoms with E-state index in [1.807, 2.05) is 0 Å². The summed E-state index contributed by atoms with van der Waals surface area (Å²) in [5.74, 6) is 0.723. The number of hydrogen-bond acceptors (Lipinski definition) is 5. The van der Waals surface area contributed by atoms with E-state index in [0.29, 0.717) is 18.2 Å². The van der Waals surface area contributed by atoms with E-state index in [4.69, 9.17) is 9.57 Å². The lowest BCUT2D eigenvalue weighted by molar-refractivity contribution is -0.200. The Balaban J connectivity index is 1.64. The summed E-state index contributed by atoms with van der Waals surface area (Å²) in [4.78, 5) is 29.4. The molecule has 17 heavy (non-hydrogen) atoms. The molecule has 2 saturated heterocycles. The van der Waals surface area contributed by atoms with Crippen molar-refractivity contribution in [2.24, 2.45) is 0 Å². The summed E-state index contributed by atoms with van der Waals surface area (Å²) in [6.45, 7) is 0.723. The first kappa shape index (κ1) is 12.7. The number of hydrogen-bond donors (Lipinski definition) is 1. The van der Waals surface area contributed by atoms with Gasteiger partial charge in [0.25, 0.3) is 5.91 Å². The largest absolute Gasteiger partial charge is 0.350 e. The quantitative estimate of drug-likeness (QED) is 0.726. The molecule has 0 saturated carbocycles. The van der Waals surface area contributed by atoms with Crippen molar-refractivity contribution in [3.63, 3.8) is 0 Å². The lowest BCUT2D eigenvalue weighted by Gasteiger charge is -2.22. The molecule has 0 aromatic carbocycles. The highest BCUT2D eigenvalue weighted by molar-refractivity contribution is 8.00. The number of thioether (sulfide) groups is 1. The first-order chi connectivity index (χ1) is 8.25. The maximum Gasteiger partial charge on any atom is 0.263 e. The number of carbonyl (C=O) groups excluding carboxylic acids is 2. The molecule has 2 fully saturated rings. The molecular weight excluding hydrogens is 244 g/mol. The van der Waals surface area contributed by atoms with Crippen LogP contribution in [0, 0.1) is 0 Å². The maximum atomic E-state index is 11.5. The Morgan fingerprint density at radius 2 is 2.47 bits per heavy atom. The number of ether oxygens (including phenoxy) is 1. The minimum Gasteiger partial charge on any atom is -0.350 e. The van der Waals surface area contributed by atoms with Gasteiger partial charge >= 0.3 is 0 Å². The van der Waals surface area contributed by atoms with Gasteiger partial charge in [0.2, 0.25) is 5.91 Å². The van der Waals surface area contributed by atoms with Gasteiger partial charge in [0.05, 0.1) is 11.6 Å². The fourth-order valence-electron chi connectivity index (χ4n) is 1.68. The van der Waals surface area contributed by atoms with Crippen LogP contribution in [0.4, 0.5) is 0 Å². The second-order valence-electron chi connectivity index (χ2n) is 4.01. The van der Waals surface area contributed by atoms with E-state index in [0.717, 1.165) is 19.3 Å². The number of nitrogens with zero attached hydrogens (tertiary/aromatic N) is 1. The number of hydroxylamine groups is 1. The van der Waals surface area contributed by atoms with E-state index < -0.39 is 0 Å². The molecule has 0 radical (unpaired) electrons. The highest BCUT2D eigenvalue weighted by Gasteiger charge is 2.23. The van der Waals surface area contributed by atoms with Crippen LogP contribution in [0.1, 0.15) is 19.3 Å². The molecule has 6 nitrogen and oxygen atoms in total. The minimum absolute atomic E-state index is 0.000864. The fourth-order valence-corrected chi connectivity index (χ4v) is 2.59. The summed E-state index contributed by atoms with van der Waals surface area (Å²) in [5, 5.41) is 0. The minimum atomic E-state index is -0.351. The Labute approximate surface area is 104 Å². The zero-order chi connectivity index (χ0) is 12.1. The standard InChI is InChI=1S/C10H16N2O4S/c13-8(5-12-7-17-6-9(12)14)11-16-10-3-1-2-4-15-10/h10H,1-7H2,(H,11,13)/t10-/m1/s1. The number of rotatable bonds is 4. The van der Waals surface area contributed by atoms with Crippen LogP contribution in [0.25, 0.3) is 0 Å².